The molecule has 5 rings (SSSR count). The zero-order chi connectivity index (χ0) is 22.4. The maximum atomic E-state index is 12.6. The van der Waals surface area contributed by atoms with Gasteiger partial charge in [0.2, 0.25) is 0 Å². The van der Waals surface area contributed by atoms with Crippen LogP contribution >= 0.6 is 0 Å². The number of hydrogen-bond acceptors (Lipinski definition) is 1. The Morgan fingerprint density at radius 2 is 1.61 bits per heavy atom. The molecule has 0 bridgehead atoms. The van der Waals surface area contributed by atoms with Crippen molar-refractivity contribution in [2.75, 3.05) is 0 Å². The van der Waals surface area contributed by atoms with Gasteiger partial charge in [-0.2, -0.15) is 0 Å². The van der Waals surface area contributed by atoms with Crippen molar-refractivity contribution in [3.8, 4) is 0 Å². The summed E-state index contributed by atoms with van der Waals surface area (Å²) < 4.78 is 0. The zero-order valence-electron chi connectivity index (χ0n) is 21.5. The van der Waals surface area contributed by atoms with Gasteiger partial charge in [-0.15, -0.1) is 0 Å². The molecular formula is C30H48O. The van der Waals surface area contributed by atoms with Crippen molar-refractivity contribution in [2.24, 2.45) is 56.7 Å². The van der Waals surface area contributed by atoms with E-state index in [9.17, 15) is 4.79 Å². The van der Waals surface area contributed by atoms with E-state index in [0.717, 1.165) is 30.6 Å². The topological polar surface area (TPSA) is 17.1 Å². The minimum Gasteiger partial charge on any atom is -0.303 e. The SMILES string of the molecule is C[C@@H]1[C@@H](C)CC[C@@]2(C=O)CC[C@@]3(C)C(=CC[C@H]4[C@@]5(C)CCCC(C)(C)[C@H]5CC[C@]43C)[C@@H]12. The number of hydrogen-bond donors (Lipinski definition) is 0. The molecule has 5 aliphatic rings. The fourth-order valence-electron chi connectivity index (χ4n) is 10.9. The minimum absolute atomic E-state index is 0.0750. The molecule has 0 aliphatic heterocycles. The molecule has 0 aromatic carbocycles. The van der Waals surface area contributed by atoms with Crippen LogP contribution in [0, 0.1) is 56.7 Å². The number of carbonyl (C=O) groups is 1. The monoisotopic (exact) mass is 424 g/mol. The largest absolute Gasteiger partial charge is 0.303 e. The van der Waals surface area contributed by atoms with Crippen molar-refractivity contribution in [1.82, 2.24) is 0 Å². The van der Waals surface area contributed by atoms with Gasteiger partial charge in [-0.25, -0.2) is 0 Å². The van der Waals surface area contributed by atoms with Crippen LogP contribution in [0.2, 0.25) is 0 Å². The van der Waals surface area contributed by atoms with Crippen LogP contribution in [0.4, 0.5) is 0 Å². The summed E-state index contributed by atoms with van der Waals surface area (Å²) in [6.45, 7) is 18.1. The van der Waals surface area contributed by atoms with Crippen molar-refractivity contribution in [2.45, 2.75) is 113 Å². The molecule has 0 heterocycles. The van der Waals surface area contributed by atoms with Gasteiger partial charge in [0.05, 0.1) is 0 Å². The van der Waals surface area contributed by atoms with E-state index in [2.05, 4.69) is 54.5 Å². The Morgan fingerprint density at radius 3 is 2.32 bits per heavy atom. The summed E-state index contributed by atoms with van der Waals surface area (Å²) in [5, 5.41) is 0. The van der Waals surface area contributed by atoms with Crippen LogP contribution in [0.15, 0.2) is 11.6 Å². The summed E-state index contributed by atoms with van der Waals surface area (Å²) in [6, 6.07) is 0. The Kier molecular flexibility index (Phi) is 4.82. The average Bonchev–Trinajstić information content (AvgIpc) is 2.70. The third-order valence-corrected chi connectivity index (χ3v) is 13.0. The number of carbonyl (C=O) groups excluding carboxylic acids is 1. The predicted molar refractivity (Wildman–Crippen MR) is 130 cm³/mol. The van der Waals surface area contributed by atoms with Crippen molar-refractivity contribution >= 4 is 6.29 Å². The van der Waals surface area contributed by atoms with E-state index in [1.54, 1.807) is 5.57 Å². The van der Waals surface area contributed by atoms with Crippen LogP contribution in [-0.2, 0) is 4.79 Å². The molecule has 0 N–H and O–H groups in total. The molecule has 0 unspecified atom stereocenters. The summed E-state index contributed by atoms with van der Waals surface area (Å²) >= 11 is 0. The summed E-state index contributed by atoms with van der Waals surface area (Å²) in [6.07, 6.45) is 17.1. The van der Waals surface area contributed by atoms with Gasteiger partial charge in [-0.05, 0) is 109 Å². The predicted octanol–water partition coefficient (Wildman–Crippen LogP) is 8.23. The highest BCUT2D eigenvalue weighted by atomic mass is 16.1. The quantitative estimate of drug-likeness (QED) is 0.306. The van der Waals surface area contributed by atoms with E-state index in [0.29, 0.717) is 28.1 Å². The highest BCUT2D eigenvalue weighted by molar-refractivity contribution is 5.63. The molecule has 174 valence electrons. The van der Waals surface area contributed by atoms with E-state index in [-0.39, 0.29) is 10.8 Å². The van der Waals surface area contributed by atoms with Crippen LogP contribution in [0.3, 0.4) is 0 Å². The van der Waals surface area contributed by atoms with E-state index in [4.69, 9.17) is 0 Å². The molecule has 1 nitrogen and oxygen atoms in total. The van der Waals surface area contributed by atoms with Crippen LogP contribution in [0.25, 0.3) is 0 Å². The molecule has 0 aromatic heterocycles. The second-order valence-electron chi connectivity index (χ2n) is 14.3. The van der Waals surface area contributed by atoms with Gasteiger partial charge in [0.1, 0.15) is 6.29 Å². The lowest BCUT2D eigenvalue weighted by Gasteiger charge is -2.71. The molecule has 4 saturated carbocycles. The second kappa shape index (κ2) is 6.73. The molecule has 0 spiro atoms. The first-order valence-electron chi connectivity index (χ1n) is 13.6. The highest BCUT2D eigenvalue weighted by Gasteiger charge is 2.67. The van der Waals surface area contributed by atoms with Crippen LogP contribution < -0.4 is 0 Å². The molecule has 0 radical (unpaired) electrons. The van der Waals surface area contributed by atoms with Gasteiger partial charge in [-0.1, -0.05) is 66.5 Å². The molecule has 0 saturated heterocycles. The summed E-state index contributed by atoms with van der Waals surface area (Å²) in [5.41, 5.74) is 3.27. The Morgan fingerprint density at radius 1 is 0.871 bits per heavy atom. The number of rotatable bonds is 1. The van der Waals surface area contributed by atoms with Gasteiger partial charge in [0.25, 0.3) is 0 Å². The standard InChI is InChI=1S/C30H48O/c1-20-11-16-30(19-31)18-17-28(6)22(25(30)21(20)2)9-10-24-27(5)14-8-13-26(3,4)23(27)12-15-29(24,28)7/h9,19-21,23-25H,8,10-18H2,1-7H3/t20-,21+,23+,24-,25+,27-,28-,29+,30-/m0/s1. The number of allylic oxidation sites excluding steroid dienone is 2. The van der Waals surface area contributed by atoms with Crippen LogP contribution in [0.5, 0.6) is 0 Å². The molecule has 4 fully saturated rings. The zero-order valence-corrected chi connectivity index (χ0v) is 21.5. The normalized spacial score (nSPS) is 55.7. The van der Waals surface area contributed by atoms with Crippen molar-refractivity contribution in [1.29, 1.82) is 0 Å². The van der Waals surface area contributed by atoms with Gasteiger partial charge >= 0.3 is 0 Å². The van der Waals surface area contributed by atoms with Gasteiger partial charge in [-0.3, -0.25) is 0 Å². The summed E-state index contributed by atoms with van der Waals surface area (Å²) in [7, 11) is 0. The van der Waals surface area contributed by atoms with Crippen LogP contribution in [0.1, 0.15) is 113 Å². The third-order valence-electron chi connectivity index (χ3n) is 13.0. The first-order valence-corrected chi connectivity index (χ1v) is 13.6. The van der Waals surface area contributed by atoms with E-state index < -0.39 is 0 Å². The minimum atomic E-state index is -0.0750. The number of aldehydes is 1. The van der Waals surface area contributed by atoms with E-state index in [1.165, 1.54) is 57.7 Å². The fourth-order valence-corrected chi connectivity index (χ4v) is 10.9. The van der Waals surface area contributed by atoms with Gasteiger partial charge in [0.15, 0.2) is 0 Å². The molecule has 31 heavy (non-hydrogen) atoms. The Balaban J connectivity index is 1.61. The molecule has 0 amide bonds. The van der Waals surface area contributed by atoms with Gasteiger partial charge in [0, 0.05) is 5.41 Å². The lowest BCUT2D eigenvalue weighted by Crippen LogP contribution is -2.63. The highest BCUT2D eigenvalue weighted by Crippen LogP contribution is 2.75. The maximum Gasteiger partial charge on any atom is 0.126 e. The van der Waals surface area contributed by atoms with Crippen LogP contribution in [-0.4, -0.2) is 6.29 Å². The maximum absolute atomic E-state index is 12.6. The first kappa shape index (κ1) is 22.2. The second-order valence-corrected chi connectivity index (χ2v) is 14.3. The molecule has 5 aliphatic carbocycles. The Labute approximate surface area is 192 Å². The van der Waals surface area contributed by atoms with Crippen molar-refractivity contribution in [3.63, 3.8) is 0 Å². The van der Waals surface area contributed by atoms with Crippen molar-refractivity contribution in [3.05, 3.63) is 11.6 Å². The summed E-state index contributed by atoms with van der Waals surface area (Å²) in [5.74, 6) is 3.52. The smallest absolute Gasteiger partial charge is 0.126 e. The number of fused-ring (bicyclic) bond motifs is 7. The first-order chi connectivity index (χ1) is 14.5. The summed E-state index contributed by atoms with van der Waals surface area (Å²) in [4.78, 5) is 12.6. The molecule has 1 heteroatoms. The van der Waals surface area contributed by atoms with E-state index >= 15 is 0 Å². The lowest BCUT2D eigenvalue weighted by atomic mass is 9.33. The lowest BCUT2D eigenvalue weighted by molar-refractivity contribution is -0.181. The van der Waals surface area contributed by atoms with Gasteiger partial charge < -0.3 is 4.79 Å². The molecular weight excluding hydrogens is 376 g/mol. The Bertz CT molecular complexity index is 792. The van der Waals surface area contributed by atoms with E-state index in [1.807, 2.05) is 0 Å². The van der Waals surface area contributed by atoms with Crippen molar-refractivity contribution < 1.29 is 4.79 Å². The third kappa shape index (κ3) is 2.64. The molecule has 0 aromatic rings. The average molecular weight is 425 g/mol. The Hall–Kier alpha value is -0.590. The molecule has 9 atom stereocenters. The fraction of sp³-hybridized carbons (Fsp3) is 0.900.